The average molecular weight is 273 g/mol. The van der Waals surface area contributed by atoms with E-state index in [1.165, 1.54) is 24.3 Å². The van der Waals surface area contributed by atoms with E-state index in [9.17, 15) is 0 Å². The van der Waals surface area contributed by atoms with E-state index in [-0.39, 0.29) is 6.04 Å². The molecule has 0 amide bonds. The van der Waals surface area contributed by atoms with E-state index in [4.69, 9.17) is 5.73 Å². The van der Waals surface area contributed by atoms with Gasteiger partial charge in [0.2, 0.25) is 0 Å². The number of benzene rings is 1. The van der Waals surface area contributed by atoms with Crippen LogP contribution in [0.2, 0.25) is 0 Å². The molecule has 4 heteroatoms. The minimum Gasteiger partial charge on any atom is -0.330 e. The third kappa shape index (κ3) is 2.69. The molecule has 2 N–H and O–H groups in total. The van der Waals surface area contributed by atoms with Gasteiger partial charge in [-0.05, 0) is 29.9 Å². The molecule has 0 bridgehead atoms. The summed E-state index contributed by atoms with van der Waals surface area (Å²) in [7, 11) is 0. The van der Waals surface area contributed by atoms with Crippen LogP contribution < -0.4 is 5.73 Å². The number of hydrogen-bond acceptors (Lipinski definition) is 3. The summed E-state index contributed by atoms with van der Waals surface area (Å²) in [5.41, 5.74) is 8.68. The van der Waals surface area contributed by atoms with Gasteiger partial charge in [-0.1, -0.05) is 30.3 Å². The Bertz CT molecular complexity index is 517. The quantitative estimate of drug-likeness (QED) is 0.935. The number of nitrogens with two attached hydrogens (primary N) is 1. The van der Waals surface area contributed by atoms with Crippen LogP contribution in [0.15, 0.2) is 42.9 Å². The lowest BCUT2D eigenvalue weighted by molar-refractivity contribution is 0.450. The second kappa shape index (κ2) is 5.80. The fourth-order valence-electron chi connectivity index (χ4n) is 2.66. The molecule has 0 aliphatic carbocycles. The van der Waals surface area contributed by atoms with Gasteiger partial charge in [0.25, 0.3) is 0 Å². The van der Waals surface area contributed by atoms with Crippen LogP contribution in [0.3, 0.4) is 0 Å². The fraction of sp³-hybridized carbons (Fsp3) is 0.400. The number of thioether (sulfide) groups is 1. The second-order valence-electron chi connectivity index (χ2n) is 4.96. The van der Waals surface area contributed by atoms with E-state index >= 15 is 0 Å². The Morgan fingerprint density at radius 3 is 2.68 bits per heavy atom. The Morgan fingerprint density at radius 2 is 1.95 bits per heavy atom. The molecule has 3 nitrogen and oxygen atoms in total. The zero-order valence-electron chi connectivity index (χ0n) is 10.9. The van der Waals surface area contributed by atoms with E-state index < -0.39 is 0 Å². The lowest BCUT2D eigenvalue weighted by Gasteiger charge is -2.26. The molecule has 1 saturated heterocycles. The third-order valence-corrected chi connectivity index (χ3v) is 4.81. The zero-order valence-corrected chi connectivity index (χ0v) is 11.7. The fourth-order valence-corrected chi connectivity index (χ4v) is 3.74. The van der Waals surface area contributed by atoms with Gasteiger partial charge < -0.3 is 10.3 Å². The van der Waals surface area contributed by atoms with Crippen molar-refractivity contribution < 1.29 is 0 Å². The van der Waals surface area contributed by atoms with Crippen molar-refractivity contribution in [3.63, 3.8) is 0 Å². The smallest absolute Gasteiger partial charge is 0.0951 e. The van der Waals surface area contributed by atoms with Crippen LogP contribution in [0, 0.1) is 0 Å². The van der Waals surface area contributed by atoms with Gasteiger partial charge in [0, 0.05) is 6.04 Å². The molecule has 1 aromatic carbocycles. The maximum absolute atomic E-state index is 6.40. The van der Waals surface area contributed by atoms with Crippen molar-refractivity contribution in [1.29, 1.82) is 0 Å². The third-order valence-electron chi connectivity index (χ3n) is 3.76. The maximum atomic E-state index is 6.40. The van der Waals surface area contributed by atoms with Crippen molar-refractivity contribution in [2.24, 2.45) is 5.73 Å². The summed E-state index contributed by atoms with van der Waals surface area (Å²) in [5.74, 6) is 2.48. The van der Waals surface area contributed by atoms with Gasteiger partial charge in [0.1, 0.15) is 0 Å². The molecule has 0 radical (unpaired) electrons. The molecule has 2 aromatic rings. The molecule has 0 saturated carbocycles. The normalized spacial score (nSPS) is 18.4. The first-order chi connectivity index (χ1) is 9.36. The van der Waals surface area contributed by atoms with Gasteiger partial charge in [-0.3, -0.25) is 0 Å². The maximum Gasteiger partial charge on any atom is 0.0951 e. The number of aromatic nitrogens is 2. The Balaban J connectivity index is 1.87. The topological polar surface area (TPSA) is 43.8 Å². The van der Waals surface area contributed by atoms with Gasteiger partial charge in [0.15, 0.2) is 0 Å². The van der Waals surface area contributed by atoms with Crippen LogP contribution in [-0.4, -0.2) is 21.1 Å². The van der Waals surface area contributed by atoms with Gasteiger partial charge >= 0.3 is 0 Å². The standard InChI is InChI=1S/C15H19N3S/c16-15(12-4-2-1-3-5-12)14-10-17-11-18(14)13-6-8-19-9-7-13/h1-5,10-11,13,15H,6-9,16H2. The van der Waals surface area contributed by atoms with Crippen LogP contribution in [0.4, 0.5) is 0 Å². The summed E-state index contributed by atoms with van der Waals surface area (Å²) in [6.07, 6.45) is 6.29. The minimum atomic E-state index is -0.0849. The molecular weight excluding hydrogens is 254 g/mol. The predicted octanol–water partition coefficient (Wildman–Crippen LogP) is 3.00. The number of hydrogen-bond donors (Lipinski definition) is 1. The Morgan fingerprint density at radius 1 is 1.21 bits per heavy atom. The lowest BCUT2D eigenvalue weighted by Crippen LogP contribution is -2.21. The van der Waals surface area contributed by atoms with E-state index in [2.05, 4.69) is 21.7 Å². The van der Waals surface area contributed by atoms with Gasteiger partial charge in [-0.2, -0.15) is 11.8 Å². The molecule has 100 valence electrons. The first-order valence-electron chi connectivity index (χ1n) is 6.76. The summed E-state index contributed by atoms with van der Waals surface area (Å²) < 4.78 is 2.29. The van der Waals surface area contributed by atoms with Gasteiger partial charge in [-0.15, -0.1) is 0 Å². The molecule has 0 spiro atoms. The molecule has 1 aliphatic heterocycles. The first kappa shape index (κ1) is 12.8. The Hall–Kier alpha value is -1.26. The number of imidazole rings is 1. The van der Waals surface area contributed by atoms with Crippen molar-refractivity contribution in [3.8, 4) is 0 Å². The molecule has 1 unspecified atom stereocenters. The minimum absolute atomic E-state index is 0.0849. The first-order valence-corrected chi connectivity index (χ1v) is 7.91. The van der Waals surface area contributed by atoms with E-state index in [1.807, 2.05) is 42.5 Å². The molecule has 1 aliphatic rings. The predicted molar refractivity (Wildman–Crippen MR) is 80.3 cm³/mol. The highest BCUT2D eigenvalue weighted by Gasteiger charge is 2.21. The summed E-state index contributed by atoms with van der Waals surface area (Å²) in [6.45, 7) is 0. The number of rotatable bonds is 3. The summed E-state index contributed by atoms with van der Waals surface area (Å²) in [4.78, 5) is 4.32. The highest BCUT2D eigenvalue weighted by atomic mass is 32.2. The van der Waals surface area contributed by atoms with Crippen LogP contribution in [0.5, 0.6) is 0 Å². The highest BCUT2D eigenvalue weighted by Crippen LogP contribution is 2.30. The Labute approximate surface area is 118 Å². The Kier molecular flexibility index (Phi) is 3.89. The van der Waals surface area contributed by atoms with Crippen molar-refractivity contribution in [2.45, 2.75) is 24.9 Å². The van der Waals surface area contributed by atoms with Crippen molar-refractivity contribution in [2.75, 3.05) is 11.5 Å². The summed E-state index contributed by atoms with van der Waals surface area (Å²) in [5, 5.41) is 0. The molecule has 19 heavy (non-hydrogen) atoms. The monoisotopic (exact) mass is 273 g/mol. The van der Waals surface area contributed by atoms with Crippen LogP contribution >= 0.6 is 11.8 Å². The van der Waals surface area contributed by atoms with E-state index in [0.717, 1.165) is 11.3 Å². The van der Waals surface area contributed by atoms with Crippen molar-refractivity contribution in [1.82, 2.24) is 9.55 Å². The summed E-state index contributed by atoms with van der Waals surface area (Å²) >= 11 is 2.04. The molecule has 1 fully saturated rings. The van der Waals surface area contributed by atoms with Gasteiger partial charge in [0.05, 0.1) is 24.3 Å². The molecule has 1 atom stereocenters. The van der Waals surface area contributed by atoms with Crippen molar-refractivity contribution >= 4 is 11.8 Å². The van der Waals surface area contributed by atoms with Crippen LogP contribution in [0.1, 0.15) is 36.2 Å². The molecular formula is C15H19N3S. The molecule has 2 heterocycles. The SMILES string of the molecule is NC(c1ccccc1)c1cncn1C1CCSCC1. The van der Waals surface area contributed by atoms with Crippen LogP contribution in [0.25, 0.3) is 0 Å². The van der Waals surface area contributed by atoms with E-state index in [0.29, 0.717) is 6.04 Å². The second-order valence-corrected chi connectivity index (χ2v) is 6.18. The largest absolute Gasteiger partial charge is 0.330 e. The number of nitrogens with zero attached hydrogens (tertiary/aromatic N) is 2. The highest BCUT2D eigenvalue weighted by molar-refractivity contribution is 7.99. The molecule has 3 rings (SSSR count). The summed E-state index contributed by atoms with van der Waals surface area (Å²) in [6, 6.07) is 10.7. The van der Waals surface area contributed by atoms with Crippen LogP contribution in [-0.2, 0) is 0 Å². The van der Waals surface area contributed by atoms with Gasteiger partial charge in [-0.25, -0.2) is 4.98 Å². The van der Waals surface area contributed by atoms with Crippen molar-refractivity contribution in [3.05, 3.63) is 54.1 Å². The van der Waals surface area contributed by atoms with E-state index in [1.54, 1.807) is 0 Å². The zero-order chi connectivity index (χ0) is 13.1. The average Bonchev–Trinajstić information content (AvgIpc) is 2.98. The molecule has 1 aromatic heterocycles. The lowest BCUT2D eigenvalue weighted by atomic mass is 10.0.